The first-order chi connectivity index (χ1) is 22.3. The van der Waals surface area contributed by atoms with E-state index in [4.69, 9.17) is 13.9 Å². The molecule has 12 nitrogen and oxygen atoms in total. The second-order valence-corrected chi connectivity index (χ2v) is 10.2. The maximum atomic E-state index is 13.6. The van der Waals surface area contributed by atoms with E-state index in [0.29, 0.717) is 27.9 Å². The summed E-state index contributed by atoms with van der Waals surface area (Å²) in [5, 5.41) is 20.4. The number of carbonyl (C=O) groups excluding carboxylic acids is 1. The maximum absolute atomic E-state index is 13.6. The first-order valence-electron chi connectivity index (χ1n) is 14.3. The summed E-state index contributed by atoms with van der Waals surface area (Å²) < 4.78 is 18.4. The number of rotatable bonds is 10. The average Bonchev–Trinajstić information content (AvgIpc) is 3.49. The number of ether oxygens (including phenoxy) is 2. The van der Waals surface area contributed by atoms with Crippen LogP contribution in [0.1, 0.15) is 18.1 Å². The highest BCUT2D eigenvalue weighted by molar-refractivity contribution is 5.92. The molecule has 0 aliphatic rings. The number of aromatic nitrogens is 2. The van der Waals surface area contributed by atoms with Gasteiger partial charge in [-0.15, -0.1) is 0 Å². The van der Waals surface area contributed by atoms with E-state index < -0.39 is 28.7 Å². The minimum Gasteiger partial charge on any atom is -0.490 e. The van der Waals surface area contributed by atoms with Gasteiger partial charge in [-0.05, 0) is 56.3 Å². The molecular formula is C34H27N5O7. The summed E-state index contributed by atoms with van der Waals surface area (Å²) in [6.07, 6.45) is 1.29. The van der Waals surface area contributed by atoms with Gasteiger partial charge in [0.15, 0.2) is 18.1 Å². The number of benzene rings is 4. The number of fused-ring (bicyclic) bond motifs is 2. The van der Waals surface area contributed by atoms with E-state index >= 15 is 0 Å². The Morgan fingerprint density at radius 3 is 2.57 bits per heavy atom. The molecule has 0 radical (unpaired) electrons. The van der Waals surface area contributed by atoms with E-state index in [1.807, 2.05) is 37.3 Å². The number of aryl methyl sites for hydroxylation is 1. The molecule has 4 aromatic carbocycles. The molecule has 0 fully saturated rings. The Labute approximate surface area is 261 Å². The standard InChI is InChI=1S/C34H27N5O7/c1-3-44-29-17-22(16-27(39(42)43)32(29)45-20-31(40)36-24-14-12-21(2)13-15-24)19-35-38-33(30-18-23-8-4-7-11-28(23)46-30)37-26-10-6-5-9-25(26)34(38)41/h4-19H,3,20H2,1-2H3,(H,36,40). The van der Waals surface area contributed by atoms with Crippen LogP contribution in [0.25, 0.3) is 33.5 Å². The zero-order valence-electron chi connectivity index (χ0n) is 24.8. The van der Waals surface area contributed by atoms with E-state index in [9.17, 15) is 19.7 Å². The molecule has 0 bridgehead atoms. The Bertz CT molecular complexity index is 2150. The summed E-state index contributed by atoms with van der Waals surface area (Å²) in [6, 6.07) is 25.9. The Morgan fingerprint density at radius 2 is 1.80 bits per heavy atom. The quantitative estimate of drug-likeness (QED) is 0.106. The molecule has 1 amide bonds. The summed E-state index contributed by atoms with van der Waals surface area (Å²) in [5.74, 6) is -0.226. The van der Waals surface area contributed by atoms with Gasteiger partial charge in [0.2, 0.25) is 11.6 Å². The lowest BCUT2D eigenvalue weighted by atomic mass is 10.2. The summed E-state index contributed by atoms with van der Waals surface area (Å²) in [6.45, 7) is 3.30. The van der Waals surface area contributed by atoms with E-state index in [1.54, 1.807) is 55.5 Å². The van der Waals surface area contributed by atoms with Gasteiger partial charge < -0.3 is 19.2 Å². The number of nitro groups is 1. The van der Waals surface area contributed by atoms with Crippen LogP contribution in [0.15, 0.2) is 105 Å². The second-order valence-electron chi connectivity index (χ2n) is 10.2. The molecule has 0 unspecified atom stereocenters. The fourth-order valence-electron chi connectivity index (χ4n) is 4.80. The van der Waals surface area contributed by atoms with Crippen molar-refractivity contribution in [3.63, 3.8) is 0 Å². The molecule has 0 aliphatic carbocycles. The fourth-order valence-corrected chi connectivity index (χ4v) is 4.80. The smallest absolute Gasteiger partial charge is 0.315 e. The van der Waals surface area contributed by atoms with Gasteiger partial charge in [0, 0.05) is 22.7 Å². The highest BCUT2D eigenvalue weighted by Gasteiger charge is 2.24. The number of nitrogens with zero attached hydrogens (tertiary/aromatic N) is 4. The van der Waals surface area contributed by atoms with E-state index in [2.05, 4.69) is 15.4 Å². The third kappa shape index (κ3) is 6.17. The highest BCUT2D eigenvalue weighted by Crippen LogP contribution is 2.38. The van der Waals surface area contributed by atoms with Crippen molar-refractivity contribution < 1.29 is 23.6 Å². The fraction of sp³-hybridized carbons (Fsp3) is 0.118. The number of hydrogen-bond acceptors (Lipinski definition) is 9. The van der Waals surface area contributed by atoms with Gasteiger partial charge in [-0.2, -0.15) is 9.78 Å². The lowest BCUT2D eigenvalue weighted by Gasteiger charge is -2.13. The van der Waals surface area contributed by atoms with E-state index in [-0.39, 0.29) is 29.5 Å². The zero-order chi connectivity index (χ0) is 32.2. The molecular weight excluding hydrogens is 590 g/mol. The van der Waals surface area contributed by atoms with Crippen molar-refractivity contribution in [2.75, 3.05) is 18.5 Å². The number of nitrogens with one attached hydrogen (secondary N) is 1. The molecule has 1 N–H and O–H groups in total. The van der Waals surface area contributed by atoms with Gasteiger partial charge in [0.25, 0.3) is 11.5 Å². The summed E-state index contributed by atoms with van der Waals surface area (Å²) in [4.78, 5) is 42.4. The maximum Gasteiger partial charge on any atom is 0.315 e. The van der Waals surface area contributed by atoms with Crippen LogP contribution in [-0.4, -0.2) is 39.9 Å². The molecule has 0 aliphatic heterocycles. The van der Waals surface area contributed by atoms with Gasteiger partial charge in [-0.1, -0.05) is 48.0 Å². The number of amides is 1. The predicted molar refractivity (Wildman–Crippen MR) is 174 cm³/mol. The van der Waals surface area contributed by atoms with Gasteiger partial charge in [0.1, 0.15) is 5.58 Å². The molecule has 2 aromatic heterocycles. The Hall–Kier alpha value is -6.30. The number of nitro benzene ring substituents is 1. The van der Waals surface area contributed by atoms with Crippen molar-refractivity contribution in [3.05, 3.63) is 123 Å². The van der Waals surface area contributed by atoms with Crippen LogP contribution in [0.2, 0.25) is 0 Å². The minimum atomic E-state index is -0.642. The molecule has 230 valence electrons. The summed E-state index contributed by atoms with van der Waals surface area (Å²) >= 11 is 0. The summed E-state index contributed by atoms with van der Waals surface area (Å²) in [5.41, 5.74) is 1.98. The Morgan fingerprint density at radius 1 is 1.04 bits per heavy atom. The van der Waals surface area contributed by atoms with Crippen molar-refractivity contribution in [3.8, 4) is 23.1 Å². The number of hydrogen-bond donors (Lipinski definition) is 1. The molecule has 0 atom stereocenters. The molecule has 6 aromatic rings. The lowest BCUT2D eigenvalue weighted by molar-refractivity contribution is -0.385. The van der Waals surface area contributed by atoms with Crippen molar-refractivity contribution >= 4 is 45.4 Å². The van der Waals surface area contributed by atoms with Gasteiger partial charge >= 0.3 is 5.69 Å². The Kier molecular flexibility index (Phi) is 8.24. The number of furan rings is 1. The normalized spacial score (nSPS) is 11.3. The van der Waals surface area contributed by atoms with Crippen molar-refractivity contribution in [2.45, 2.75) is 13.8 Å². The molecule has 0 saturated heterocycles. The monoisotopic (exact) mass is 617 g/mol. The molecule has 2 heterocycles. The number of para-hydroxylation sites is 2. The van der Waals surface area contributed by atoms with E-state index in [1.165, 1.54) is 18.3 Å². The van der Waals surface area contributed by atoms with Crippen LogP contribution < -0.4 is 20.3 Å². The third-order valence-electron chi connectivity index (χ3n) is 6.96. The predicted octanol–water partition coefficient (Wildman–Crippen LogP) is 6.32. The Balaban J connectivity index is 1.37. The second kappa shape index (κ2) is 12.7. The first kappa shape index (κ1) is 29.8. The molecule has 6 rings (SSSR count). The number of carbonyl (C=O) groups is 1. The van der Waals surface area contributed by atoms with Crippen LogP contribution in [-0.2, 0) is 4.79 Å². The van der Waals surface area contributed by atoms with Crippen molar-refractivity contribution in [1.29, 1.82) is 0 Å². The van der Waals surface area contributed by atoms with Gasteiger partial charge in [0.05, 0.1) is 28.6 Å². The van der Waals surface area contributed by atoms with Crippen molar-refractivity contribution in [2.24, 2.45) is 5.10 Å². The molecule has 0 spiro atoms. The summed E-state index contributed by atoms with van der Waals surface area (Å²) in [7, 11) is 0. The van der Waals surface area contributed by atoms with Crippen LogP contribution in [0.3, 0.4) is 0 Å². The van der Waals surface area contributed by atoms with Crippen LogP contribution in [0.4, 0.5) is 11.4 Å². The van der Waals surface area contributed by atoms with Crippen molar-refractivity contribution in [1.82, 2.24) is 9.66 Å². The molecule has 0 saturated carbocycles. The SMILES string of the molecule is CCOc1cc(C=Nn2c(-c3cc4ccccc4o3)nc3ccccc3c2=O)cc([N+](=O)[O-])c1OCC(=O)Nc1ccc(C)cc1. The lowest BCUT2D eigenvalue weighted by Crippen LogP contribution is -2.21. The van der Waals surface area contributed by atoms with E-state index in [0.717, 1.165) is 15.6 Å². The highest BCUT2D eigenvalue weighted by atomic mass is 16.6. The van der Waals surface area contributed by atoms with Gasteiger partial charge in [-0.3, -0.25) is 19.7 Å². The minimum absolute atomic E-state index is 0.0303. The molecule has 46 heavy (non-hydrogen) atoms. The number of anilines is 1. The van der Waals surface area contributed by atoms with Crippen LogP contribution >= 0.6 is 0 Å². The topological polar surface area (TPSA) is 151 Å². The third-order valence-corrected chi connectivity index (χ3v) is 6.96. The van der Waals surface area contributed by atoms with Crippen LogP contribution in [0, 0.1) is 17.0 Å². The van der Waals surface area contributed by atoms with Crippen LogP contribution in [0.5, 0.6) is 11.5 Å². The average molecular weight is 618 g/mol. The zero-order valence-corrected chi connectivity index (χ0v) is 24.8. The first-order valence-corrected chi connectivity index (χ1v) is 14.3. The van der Waals surface area contributed by atoms with Gasteiger partial charge in [-0.25, -0.2) is 4.98 Å². The largest absolute Gasteiger partial charge is 0.490 e. The molecule has 12 heteroatoms.